The Hall–Kier alpha value is -3.00. The van der Waals surface area contributed by atoms with Gasteiger partial charge in [0.2, 0.25) is 5.91 Å². The predicted molar refractivity (Wildman–Crippen MR) is 109 cm³/mol. The molecule has 2 N–H and O–H groups in total. The summed E-state index contributed by atoms with van der Waals surface area (Å²) >= 11 is 1.49. The molecule has 3 aromatic rings. The van der Waals surface area contributed by atoms with Gasteiger partial charge in [-0.15, -0.1) is 11.3 Å². The van der Waals surface area contributed by atoms with E-state index in [4.69, 9.17) is 5.11 Å². The third-order valence-corrected chi connectivity index (χ3v) is 5.40. The number of thiophene rings is 1. The quantitative estimate of drug-likeness (QED) is 0.567. The number of carbonyl (C=O) groups is 2. The van der Waals surface area contributed by atoms with Gasteiger partial charge in [-0.3, -0.25) is 19.0 Å². The highest BCUT2D eigenvalue weighted by Gasteiger charge is 2.17. The number of hydrogen-bond donors (Lipinski definition) is 2. The molecular weight excluding hydrogens is 378 g/mol. The SMILES string of the molecule is Cc1sc2ncn(CCC(=O)NCCCC(=O)O)c(=O)c2c1-c1ccccc1. The van der Waals surface area contributed by atoms with Crippen molar-refractivity contribution in [3.8, 4) is 11.1 Å². The number of carboxylic acid groups (broad SMARTS) is 1. The van der Waals surface area contributed by atoms with E-state index in [-0.39, 0.29) is 30.9 Å². The number of carbonyl (C=O) groups excluding carboxylic acids is 1. The average Bonchev–Trinajstić information content (AvgIpc) is 3.02. The largest absolute Gasteiger partial charge is 0.481 e. The normalized spacial score (nSPS) is 10.9. The molecule has 0 aliphatic heterocycles. The molecule has 28 heavy (non-hydrogen) atoms. The minimum atomic E-state index is -0.888. The van der Waals surface area contributed by atoms with Crippen molar-refractivity contribution in [3.63, 3.8) is 0 Å². The maximum Gasteiger partial charge on any atom is 0.303 e. The van der Waals surface area contributed by atoms with Crippen LogP contribution in [0.15, 0.2) is 41.5 Å². The number of carboxylic acids is 1. The monoisotopic (exact) mass is 399 g/mol. The van der Waals surface area contributed by atoms with Crippen molar-refractivity contribution in [2.24, 2.45) is 0 Å². The molecular formula is C20H21N3O4S. The zero-order valence-corrected chi connectivity index (χ0v) is 16.3. The minimum absolute atomic E-state index is 0.0140. The zero-order chi connectivity index (χ0) is 20.1. The van der Waals surface area contributed by atoms with Gasteiger partial charge >= 0.3 is 5.97 Å². The van der Waals surface area contributed by atoms with Crippen LogP contribution in [-0.4, -0.2) is 33.1 Å². The maximum absolute atomic E-state index is 13.0. The van der Waals surface area contributed by atoms with Crippen LogP contribution < -0.4 is 10.9 Å². The maximum atomic E-state index is 13.0. The summed E-state index contributed by atoms with van der Waals surface area (Å²) < 4.78 is 1.46. The van der Waals surface area contributed by atoms with E-state index in [0.29, 0.717) is 23.2 Å². The molecule has 0 saturated heterocycles. The van der Waals surface area contributed by atoms with Crippen molar-refractivity contribution >= 4 is 33.4 Å². The molecule has 0 aliphatic carbocycles. The number of aliphatic carboxylic acids is 1. The highest BCUT2D eigenvalue weighted by atomic mass is 32.1. The van der Waals surface area contributed by atoms with Crippen molar-refractivity contribution < 1.29 is 14.7 Å². The van der Waals surface area contributed by atoms with E-state index in [0.717, 1.165) is 16.0 Å². The van der Waals surface area contributed by atoms with Crippen LogP contribution in [0.2, 0.25) is 0 Å². The number of aryl methyl sites for hydroxylation is 2. The van der Waals surface area contributed by atoms with Gasteiger partial charge < -0.3 is 10.4 Å². The molecule has 0 unspecified atom stereocenters. The van der Waals surface area contributed by atoms with E-state index < -0.39 is 5.97 Å². The van der Waals surface area contributed by atoms with Crippen molar-refractivity contribution in [1.82, 2.24) is 14.9 Å². The standard InChI is InChI=1S/C20H21N3O4S/c1-13-17(14-6-3-2-4-7-14)18-19(28-13)22-12-23(20(18)27)11-9-15(24)21-10-5-8-16(25)26/h2-4,6-7,12H,5,8-11H2,1H3,(H,21,24)(H,25,26). The summed E-state index contributed by atoms with van der Waals surface area (Å²) in [5.41, 5.74) is 1.71. The predicted octanol–water partition coefficient (Wildman–Crippen LogP) is 2.80. The molecule has 0 fully saturated rings. The lowest BCUT2D eigenvalue weighted by atomic mass is 10.0. The molecule has 3 rings (SSSR count). The Labute approximate surface area is 165 Å². The average molecular weight is 399 g/mol. The second-order valence-electron chi connectivity index (χ2n) is 6.42. The Bertz CT molecular complexity index is 1060. The summed E-state index contributed by atoms with van der Waals surface area (Å²) in [6, 6.07) is 9.73. The number of hydrogen-bond acceptors (Lipinski definition) is 5. The number of nitrogens with zero attached hydrogens (tertiary/aromatic N) is 2. The Morgan fingerprint density at radius 3 is 2.68 bits per heavy atom. The van der Waals surface area contributed by atoms with Crippen LogP contribution in [0.3, 0.4) is 0 Å². The number of amides is 1. The molecule has 0 spiro atoms. The first-order valence-corrected chi connectivity index (χ1v) is 9.81. The molecule has 1 aromatic carbocycles. The summed E-state index contributed by atoms with van der Waals surface area (Å²) in [6.07, 6.45) is 2.00. The van der Waals surface area contributed by atoms with Gasteiger partial charge in [-0.1, -0.05) is 30.3 Å². The van der Waals surface area contributed by atoms with Gasteiger partial charge in [0.15, 0.2) is 0 Å². The summed E-state index contributed by atoms with van der Waals surface area (Å²) in [5.74, 6) is -1.11. The van der Waals surface area contributed by atoms with Crippen LogP contribution in [0.4, 0.5) is 0 Å². The first kappa shape index (κ1) is 19.8. The van der Waals surface area contributed by atoms with Gasteiger partial charge in [0.05, 0.1) is 11.7 Å². The minimum Gasteiger partial charge on any atom is -0.481 e. The summed E-state index contributed by atoms with van der Waals surface area (Å²) in [7, 11) is 0. The van der Waals surface area contributed by atoms with E-state index >= 15 is 0 Å². The lowest BCUT2D eigenvalue weighted by Gasteiger charge is -2.07. The molecule has 0 radical (unpaired) electrons. The molecule has 7 nitrogen and oxygen atoms in total. The molecule has 2 aromatic heterocycles. The van der Waals surface area contributed by atoms with E-state index in [1.165, 1.54) is 22.2 Å². The third kappa shape index (κ3) is 4.45. The van der Waals surface area contributed by atoms with Crippen LogP contribution >= 0.6 is 11.3 Å². The highest BCUT2D eigenvalue weighted by Crippen LogP contribution is 2.35. The first-order valence-electron chi connectivity index (χ1n) is 9.00. The highest BCUT2D eigenvalue weighted by molar-refractivity contribution is 7.19. The lowest BCUT2D eigenvalue weighted by Crippen LogP contribution is -2.28. The number of benzene rings is 1. The van der Waals surface area contributed by atoms with Gasteiger partial charge in [-0.2, -0.15) is 0 Å². The van der Waals surface area contributed by atoms with E-state index in [2.05, 4.69) is 10.3 Å². The Kier molecular flexibility index (Phi) is 6.20. The lowest BCUT2D eigenvalue weighted by molar-refractivity contribution is -0.137. The molecule has 146 valence electrons. The van der Waals surface area contributed by atoms with Crippen molar-refractivity contribution in [2.75, 3.05) is 6.54 Å². The van der Waals surface area contributed by atoms with E-state index in [9.17, 15) is 14.4 Å². The fraction of sp³-hybridized carbons (Fsp3) is 0.300. The van der Waals surface area contributed by atoms with Crippen molar-refractivity contribution in [2.45, 2.75) is 32.7 Å². The first-order chi connectivity index (χ1) is 13.5. The zero-order valence-electron chi connectivity index (χ0n) is 15.5. The van der Waals surface area contributed by atoms with E-state index in [1.54, 1.807) is 0 Å². The molecule has 0 bridgehead atoms. The van der Waals surface area contributed by atoms with Gasteiger partial charge in [0.25, 0.3) is 5.56 Å². The fourth-order valence-corrected chi connectivity index (χ4v) is 4.03. The molecule has 0 aliphatic rings. The third-order valence-electron chi connectivity index (χ3n) is 4.39. The number of aromatic nitrogens is 2. The number of fused-ring (bicyclic) bond motifs is 1. The summed E-state index contributed by atoms with van der Waals surface area (Å²) in [6.45, 7) is 2.50. The number of rotatable bonds is 8. The van der Waals surface area contributed by atoms with Crippen LogP contribution in [0.5, 0.6) is 0 Å². The van der Waals surface area contributed by atoms with Crippen molar-refractivity contribution in [1.29, 1.82) is 0 Å². The van der Waals surface area contributed by atoms with Crippen LogP contribution in [0, 0.1) is 6.92 Å². The summed E-state index contributed by atoms with van der Waals surface area (Å²) in [4.78, 5) is 41.6. The topological polar surface area (TPSA) is 101 Å². The Morgan fingerprint density at radius 1 is 1.21 bits per heavy atom. The second-order valence-corrected chi connectivity index (χ2v) is 7.62. The Morgan fingerprint density at radius 2 is 1.96 bits per heavy atom. The van der Waals surface area contributed by atoms with Crippen LogP contribution in [0.25, 0.3) is 21.3 Å². The fourth-order valence-electron chi connectivity index (χ4n) is 3.03. The number of nitrogens with one attached hydrogen (secondary N) is 1. The van der Waals surface area contributed by atoms with Crippen LogP contribution in [-0.2, 0) is 16.1 Å². The molecule has 2 heterocycles. The van der Waals surface area contributed by atoms with Gasteiger partial charge in [-0.25, -0.2) is 4.98 Å². The summed E-state index contributed by atoms with van der Waals surface area (Å²) in [5, 5.41) is 11.8. The van der Waals surface area contributed by atoms with Gasteiger partial charge in [0, 0.05) is 36.4 Å². The molecule has 1 amide bonds. The molecule has 0 saturated carbocycles. The Balaban J connectivity index is 1.76. The van der Waals surface area contributed by atoms with Gasteiger partial charge in [-0.05, 0) is 18.9 Å². The van der Waals surface area contributed by atoms with Crippen LogP contribution in [0.1, 0.15) is 24.1 Å². The van der Waals surface area contributed by atoms with E-state index in [1.807, 2.05) is 37.3 Å². The molecule has 0 atom stereocenters. The second kappa shape index (κ2) is 8.79. The van der Waals surface area contributed by atoms with Gasteiger partial charge in [0.1, 0.15) is 4.83 Å². The van der Waals surface area contributed by atoms with Crippen molar-refractivity contribution in [3.05, 3.63) is 51.9 Å². The smallest absolute Gasteiger partial charge is 0.303 e. The molecule has 8 heteroatoms.